The molecule has 2 aliphatic rings. The Labute approximate surface area is 109 Å². The Morgan fingerprint density at radius 1 is 1.32 bits per heavy atom. The van der Waals surface area contributed by atoms with E-state index in [4.69, 9.17) is 9.26 Å². The lowest BCUT2D eigenvalue weighted by atomic mass is 10.1. The second kappa shape index (κ2) is 3.79. The predicted molar refractivity (Wildman–Crippen MR) is 67.1 cm³/mol. The fraction of sp³-hybridized carbons (Fsp3) is 0.500. The van der Waals surface area contributed by atoms with Gasteiger partial charge in [-0.2, -0.15) is 0 Å². The Hall–Kier alpha value is -1.91. The number of esters is 1. The van der Waals surface area contributed by atoms with Crippen LogP contribution in [0.25, 0.3) is 11.1 Å². The maximum absolute atomic E-state index is 12.0. The van der Waals surface area contributed by atoms with Crippen LogP contribution in [0.5, 0.6) is 0 Å². The quantitative estimate of drug-likeness (QED) is 0.792. The molecular weight excluding hydrogens is 244 g/mol. The third kappa shape index (κ3) is 1.72. The number of nitrogens with zero attached hydrogens (tertiary/aromatic N) is 2. The minimum atomic E-state index is -0.334. The first-order chi connectivity index (χ1) is 9.28. The maximum Gasteiger partial charge on any atom is 0.338 e. The molecule has 0 amide bonds. The molecule has 0 N–H and O–H groups in total. The fourth-order valence-electron chi connectivity index (χ4n) is 2.49. The Balaban J connectivity index is 1.95. The van der Waals surface area contributed by atoms with E-state index in [-0.39, 0.29) is 5.97 Å². The number of aromatic nitrogens is 2. The van der Waals surface area contributed by atoms with Gasteiger partial charge in [0.25, 0.3) is 5.71 Å². The van der Waals surface area contributed by atoms with Gasteiger partial charge in [-0.3, -0.25) is 0 Å². The molecule has 2 heterocycles. The summed E-state index contributed by atoms with van der Waals surface area (Å²) in [6.07, 6.45) is 4.46. The van der Waals surface area contributed by atoms with Gasteiger partial charge in [-0.05, 0) is 31.7 Å². The van der Waals surface area contributed by atoms with Gasteiger partial charge in [0.2, 0.25) is 0 Å². The normalized spacial score (nSPS) is 18.8. The number of pyridine rings is 1. The molecule has 2 fully saturated rings. The van der Waals surface area contributed by atoms with E-state index in [1.54, 1.807) is 0 Å². The number of ether oxygens (including phenoxy) is 1. The molecule has 2 saturated carbocycles. The minimum Gasteiger partial charge on any atom is -0.465 e. The van der Waals surface area contributed by atoms with E-state index < -0.39 is 0 Å². The topological polar surface area (TPSA) is 65.2 Å². The molecule has 0 radical (unpaired) electrons. The van der Waals surface area contributed by atoms with Crippen LogP contribution in [-0.2, 0) is 4.74 Å². The van der Waals surface area contributed by atoms with Gasteiger partial charge < -0.3 is 9.26 Å². The van der Waals surface area contributed by atoms with Crippen molar-refractivity contribution < 1.29 is 14.1 Å². The maximum atomic E-state index is 12.0. The van der Waals surface area contributed by atoms with Gasteiger partial charge in [0.1, 0.15) is 0 Å². The van der Waals surface area contributed by atoms with E-state index >= 15 is 0 Å². The van der Waals surface area contributed by atoms with Crippen LogP contribution < -0.4 is 0 Å². The zero-order valence-corrected chi connectivity index (χ0v) is 10.7. The second-order valence-electron chi connectivity index (χ2n) is 5.38. The van der Waals surface area contributed by atoms with Crippen molar-refractivity contribution in [3.8, 4) is 0 Å². The van der Waals surface area contributed by atoms with Gasteiger partial charge in [-0.25, -0.2) is 9.78 Å². The SMILES string of the molecule is COC(=O)c1cc(C2CC2)nc2onc(C3CC3)c12. The van der Waals surface area contributed by atoms with Crippen molar-refractivity contribution >= 4 is 17.1 Å². The smallest absolute Gasteiger partial charge is 0.338 e. The number of hydrogen-bond acceptors (Lipinski definition) is 5. The monoisotopic (exact) mass is 258 g/mol. The molecule has 19 heavy (non-hydrogen) atoms. The van der Waals surface area contributed by atoms with Crippen LogP contribution in [-0.4, -0.2) is 23.2 Å². The summed E-state index contributed by atoms with van der Waals surface area (Å²) in [6, 6.07) is 1.86. The molecule has 0 bridgehead atoms. The van der Waals surface area contributed by atoms with Crippen LogP contribution in [0.2, 0.25) is 0 Å². The summed E-state index contributed by atoms with van der Waals surface area (Å²) in [4.78, 5) is 16.5. The number of carbonyl (C=O) groups is 1. The van der Waals surface area contributed by atoms with Crippen molar-refractivity contribution in [1.82, 2.24) is 10.1 Å². The van der Waals surface area contributed by atoms with Crippen LogP contribution >= 0.6 is 0 Å². The highest BCUT2D eigenvalue weighted by Gasteiger charge is 2.34. The number of hydrogen-bond donors (Lipinski definition) is 0. The number of fused-ring (bicyclic) bond motifs is 1. The first-order valence-corrected chi connectivity index (χ1v) is 6.66. The second-order valence-corrected chi connectivity index (χ2v) is 5.38. The highest BCUT2D eigenvalue weighted by molar-refractivity contribution is 6.03. The van der Waals surface area contributed by atoms with Gasteiger partial charge in [0.15, 0.2) is 0 Å². The van der Waals surface area contributed by atoms with Crippen LogP contribution in [0.3, 0.4) is 0 Å². The zero-order chi connectivity index (χ0) is 13.0. The molecule has 5 heteroatoms. The average molecular weight is 258 g/mol. The van der Waals surface area contributed by atoms with Crippen LogP contribution in [0.15, 0.2) is 10.6 Å². The molecule has 0 aromatic carbocycles. The molecular formula is C14H14N2O3. The molecule has 0 aliphatic heterocycles. The van der Waals surface area contributed by atoms with E-state index in [0.717, 1.165) is 42.5 Å². The van der Waals surface area contributed by atoms with Crippen molar-refractivity contribution in [2.75, 3.05) is 7.11 Å². The van der Waals surface area contributed by atoms with Gasteiger partial charge in [0.05, 0.1) is 23.8 Å². The largest absolute Gasteiger partial charge is 0.465 e. The number of carbonyl (C=O) groups excluding carboxylic acids is 1. The van der Waals surface area contributed by atoms with Crippen LogP contribution in [0.1, 0.15) is 59.3 Å². The van der Waals surface area contributed by atoms with E-state index in [2.05, 4.69) is 10.1 Å². The molecule has 0 atom stereocenters. The molecule has 0 spiro atoms. The third-order valence-electron chi connectivity index (χ3n) is 3.86. The lowest BCUT2D eigenvalue weighted by molar-refractivity contribution is 0.0602. The van der Waals surface area contributed by atoms with Crippen molar-refractivity contribution in [3.63, 3.8) is 0 Å². The summed E-state index contributed by atoms with van der Waals surface area (Å²) in [5.74, 6) is 0.542. The molecule has 98 valence electrons. The highest BCUT2D eigenvalue weighted by Crippen LogP contribution is 2.45. The molecule has 2 aromatic heterocycles. The fourth-order valence-corrected chi connectivity index (χ4v) is 2.49. The predicted octanol–water partition coefficient (Wildman–Crippen LogP) is 2.76. The van der Waals surface area contributed by atoms with Crippen molar-refractivity contribution in [2.45, 2.75) is 37.5 Å². The van der Waals surface area contributed by atoms with Crippen LogP contribution in [0.4, 0.5) is 0 Å². The lowest BCUT2D eigenvalue weighted by Crippen LogP contribution is -2.05. The standard InChI is InChI=1S/C14H14N2O3/c1-18-14(17)9-6-10(7-2-3-7)15-13-11(9)12(16-19-13)8-4-5-8/h6-8H,2-5H2,1H3. The molecule has 2 aromatic rings. The Kier molecular flexibility index (Phi) is 2.19. The van der Waals surface area contributed by atoms with Gasteiger partial charge in [0, 0.05) is 17.5 Å². The first-order valence-electron chi connectivity index (χ1n) is 6.66. The van der Waals surface area contributed by atoms with E-state index in [0.29, 0.717) is 23.1 Å². The summed E-state index contributed by atoms with van der Waals surface area (Å²) in [5, 5.41) is 4.86. The Morgan fingerprint density at radius 3 is 2.68 bits per heavy atom. The molecule has 2 aliphatic carbocycles. The zero-order valence-electron chi connectivity index (χ0n) is 10.7. The molecule has 5 nitrogen and oxygen atoms in total. The highest BCUT2D eigenvalue weighted by atomic mass is 16.5. The molecule has 0 saturated heterocycles. The van der Waals surface area contributed by atoms with Gasteiger partial charge >= 0.3 is 5.97 Å². The van der Waals surface area contributed by atoms with Gasteiger partial charge in [-0.1, -0.05) is 5.16 Å². The summed E-state index contributed by atoms with van der Waals surface area (Å²) in [5.41, 5.74) is 2.82. The summed E-state index contributed by atoms with van der Waals surface area (Å²) in [7, 11) is 1.40. The lowest BCUT2D eigenvalue weighted by Gasteiger charge is -2.04. The summed E-state index contributed by atoms with van der Waals surface area (Å²) >= 11 is 0. The van der Waals surface area contributed by atoms with Crippen molar-refractivity contribution in [1.29, 1.82) is 0 Å². The summed E-state index contributed by atoms with van der Waals surface area (Å²) in [6.45, 7) is 0. The van der Waals surface area contributed by atoms with Crippen LogP contribution in [0, 0.1) is 0 Å². The minimum absolute atomic E-state index is 0.334. The average Bonchev–Trinajstić information content (AvgIpc) is 3.33. The Morgan fingerprint density at radius 2 is 2.05 bits per heavy atom. The first kappa shape index (κ1) is 11.0. The number of rotatable bonds is 3. The van der Waals surface area contributed by atoms with E-state index in [1.165, 1.54) is 7.11 Å². The summed E-state index contributed by atoms with van der Waals surface area (Å²) < 4.78 is 10.2. The molecule has 0 unspecified atom stereocenters. The molecule has 4 rings (SSSR count). The van der Waals surface area contributed by atoms with Crippen molar-refractivity contribution in [2.24, 2.45) is 0 Å². The van der Waals surface area contributed by atoms with E-state index in [9.17, 15) is 4.79 Å². The van der Waals surface area contributed by atoms with Gasteiger partial charge in [-0.15, -0.1) is 0 Å². The van der Waals surface area contributed by atoms with Crippen molar-refractivity contribution in [3.05, 3.63) is 23.0 Å². The number of methoxy groups -OCH3 is 1. The Bertz CT molecular complexity index is 669. The third-order valence-corrected chi connectivity index (χ3v) is 3.86. The van der Waals surface area contributed by atoms with E-state index in [1.807, 2.05) is 6.07 Å².